The fourth-order valence-corrected chi connectivity index (χ4v) is 2.54. The summed E-state index contributed by atoms with van der Waals surface area (Å²) in [5.41, 5.74) is 1.34. The maximum atomic E-state index is 10.9. The van der Waals surface area contributed by atoms with Gasteiger partial charge in [0.15, 0.2) is 0 Å². The lowest BCUT2D eigenvalue weighted by Crippen LogP contribution is -2.00. The van der Waals surface area contributed by atoms with Crippen molar-refractivity contribution in [3.8, 4) is 5.75 Å². The summed E-state index contributed by atoms with van der Waals surface area (Å²) in [5, 5.41) is 9.38. The van der Waals surface area contributed by atoms with Gasteiger partial charge < -0.3 is 9.84 Å². The number of carboxylic acid groups (broad SMARTS) is 1. The first-order valence-electron chi connectivity index (χ1n) is 6.01. The SMILES string of the molecule is [C-]#[N+]c1ccc(C(=O)O)nc1SCc1ccc(OC)cc1. The lowest BCUT2D eigenvalue weighted by molar-refractivity contribution is 0.0690. The van der Waals surface area contributed by atoms with E-state index in [0.717, 1.165) is 11.3 Å². The molecule has 0 saturated heterocycles. The van der Waals surface area contributed by atoms with Gasteiger partial charge in [0.25, 0.3) is 0 Å². The van der Waals surface area contributed by atoms with Crippen molar-refractivity contribution in [3.05, 3.63) is 59.1 Å². The number of benzene rings is 1. The molecule has 0 amide bonds. The van der Waals surface area contributed by atoms with Gasteiger partial charge >= 0.3 is 5.97 Å². The van der Waals surface area contributed by atoms with E-state index in [4.69, 9.17) is 16.4 Å². The van der Waals surface area contributed by atoms with Crippen molar-refractivity contribution in [1.82, 2.24) is 4.98 Å². The summed E-state index contributed by atoms with van der Waals surface area (Å²) in [4.78, 5) is 18.3. The molecule has 0 aliphatic carbocycles. The predicted molar refractivity (Wildman–Crippen MR) is 80.0 cm³/mol. The van der Waals surface area contributed by atoms with Crippen LogP contribution >= 0.6 is 11.8 Å². The van der Waals surface area contributed by atoms with Gasteiger partial charge in [-0.3, -0.25) is 0 Å². The number of ether oxygens (including phenoxy) is 1. The topological polar surface area (TPSA) is 63.8 Å². The van der Waals surface area contributed by atoms with Crippen molar-refractivity contribution in [1.29, 1.82) is 0 Å². The molecule has 6 heteroatoms. The Morgan fingerprint density at radius 1 is 1.33 bits per heavy atom. The number of rotatable bonds is 5. The molecule has 0 unspecified atom stereocenters. The second kappa shape index (κ2) is 6.77. The maximum absolute atomic E-state index is 10.9. The fraction of sp³-hybridized carbons (Fsp3) is 0.133. The molecule has 1 aromatic carbocycles. The number of carboxylic acids is 1. The Hall–Kier alpha value is -2.52. The standard InChI is InChI=1S/C15H12N2O3S/c1-16-12-7-8-13(15(18)19)17-14(12)21-9-10-3-5-11(20-2)6-4-10/h3-8H,9H2,2H3,(H,18,19). The molecular formula is C15H12N2O3S. The third-order valence-electron chi connectivity index (χ3n) is 2.71. The van der Waals surface area contributed by atoms with E-state index in [1.165, 1.54) is 23.9 Å². The number of nitrogens with zero attached hydrogens (tertiary/aromatic N) is 2. The number of aromatic carboxylic acids is 1. The Morgan fingerprint density at radius 2 is 2.05 bits per heavy atom. The fourth-order valence-electron chi connectivity index (χ4n) is 1.62. The summed E-state index contributed by atoms with van der Waals surface area (Å²) >= 11 is 1.34. The second-order valence-electron chi connectivity index (χ2n) is 4.07. The molecule has 2 aromatic rings. The summed E-state index contributed by atoms with van der Waals surface area (Å²) in [7, 11) is 1.60. The van der Waals surface area contributed by atoms with Crippen LogP contribution in [0, 0.1) is 6.57 Å². The molecule has 1 N–H and O–H groups in total. The zero-order valence-corrected chi connectivity index (χ0v) is 12.1. The average molecular weight is 300 g/mol. The predicted octanol–water partition coefficient (Wildman–Crippen LogP) is 3.63. The number of thioether (sulfide) groups is 1. The maximum Gasteiger partial charge on any atom is 0.354 e. The number of hydrogen-bond donors (Lipinski definition) is 1. The van der Waals surface area contributed by atoms with Crippen LogP contribution in [0.5, 0.6) is 5.75 Å². The van der Waals surface area contributed by atoms with Crippen molar-refractivity contribution >= 4 is 23.4 Å². The minimum Gasteiger partial charge on any atom is -0.497 e. The van der Waals surface area contributed by atoms with E-state index < -0.39 is 5.97 Å². The molecule has 0 spiro atoms. The van der Waals surface area contributed by atoms with Gasteiger partial charge in [-0.25, -0.2) is 14.6 Å². The van der Waals surface area contributed by atoms with Crippen LogP contribution in [0.15, 0.2) is 41.4 Å². The van der Waals surface area contributed by atoms with Crippen LogP contribution in [0.25, 0.3) is 4.85 Å². The summed E-state index contributed by atoms with van der Waals surface area (Å²) in [6.07, 6.45) is 0. The number of hydrogen-bond acceptors (Lipinski definition) is 4. The first-order valence-corrected chi connectivity index (χ1v) is 7.00. The van der Waals surface area contributed by atoms with E-state index in [0.29, 0.717) is 16.5 Å². The van der Waals surface area contributed by atoms with E-state index in [-0.39, 0.29) is 5.69 Å². The van der Waals surface area contributed by atoms with Crippen LogP contribution in [-0.2, 0) is 5.75 Å². The van der Waals surface area contributed by atoms with Crippen molar-refractivity contribution in [2.24, 2.45) is 0 Å². The first-order chi connectivity index (χ1) is 10.1. The smallest absolute Gasteiger partial charge is 0.354 e. The third-order valence-corrected chi connectivity index (χ3v) is 3.77. The molecule has 0 saturated carbocycles. The van der Waals surface area contributed by atoms with Crippen LogP contribution in [0.1, 0.15) is 16.1 Å². The Bertz CT molecular complexity index is 693. The Kier molecular flexibility index (Phi) is 4.80. The highest BCUT2D eigenvalue weighted by molar-refractivity contribution is 7.98. The van der Waals surface area contributed by atoms with Gasteiger partial charge in [0.1, 0.15) is 16.5 Å². The number of methoxy groups -OCH3 is 1. The highest BCUT2D eigenvalue weighted by Gasteiger charge is 2.11. The molecular weight excluding hydrogens is 288 g/mol. The number of carbonyl (C=O) groups is 1. The van der Waals surface area contributed by atoms with Crippen molar-refractivity contribution in [2.75, 3.05) is 7.11 Å². The zero-order chi connectivity index (χ0) is 15.2. The van der Waals surface area contributed by atoms with E-state index >= 15 is 0 Å². The average Bonchev–Trinajstić information content (AvgIpc) is 2.53. The van der Waals surface area contributed by atoms with Crippen molar-refractivity contribution in [2.45, 2.75) is 10.8 Å². The second-order valence-corrected chi connectivity index (χ2v) is 5.04. The highest BCUT2D eigenvalue weighted by Crippen LogP contribution is 2.30. The molecule has 0 aliphatic rings. The van der Waals surface area contributed by atoms with Crippen LogP contribution in [0.3, 0.4) is 0 Å². The van der Waals surface area contributed by atoms with E-state index in [1.54, 1.807) is 7.11 Å². The molecule has 0 atom stereocenters. The molecule has 21 heavy (non-hydrogen) atoms. The van der Waals surface area contributed by atoms with E-state index in [1.807, 2.05) is 24.3 Å². The molecule has 106 valence electrons. The van der Waals surface area contributed by atoms with Crippen LogP contribution < -0.4 is 4.74 Å². The molecule has 0 fully saturated rings. The monoisotopic (exact) mass is 300 g/mol. The first kappa shape index (κ1) is 14.9. The molecule has 5 nitrogen and oxygen atoms in total. The lowest BCUT2D eigenvalue weighted by atomic mass is 10.2. The highest BCUT2D eigenvalue weighted by atomic mass is 32.2. The molecule has 0 bridgehead atoms. The molecule has 0 radical (unpaired) electrons. The molecule has 1 heterocycles. The quantitative estimate of drug-likeness (QED) is 0.674. The largest absolute Gasteiger partial charge is 0.497 e. The third kappa shape index (κ3) is 3.74. The van der Waals surface area contributed by atoms with E-state index in [9.17, 15) is 4.79 Å². The normalized spacial score (nSPS) is 9.90. The Morgan fingerprint density at radius 3 is 2.62 bits per heavy atom. The van der Waals surface area contributed by atoms with Gasteiger partial charge in [-0.15, -0.1) is 11.8 Å². The summed E-state index contributed by atoms with van der Waals surface area (Å²) in [6.45, 7) is 7.11. The zero-order valence-electron chi connectivity index (χ0n) is 11.2. The van der Waals surface area contributed by atoms with Gasteiger partial charge in [-0.2, -0.15) is 0 Å². The van der Waals surface area contributed by atoms with Crippen LogP contribution in [0.2, 0.25) is 0 Å². The summed E-state index contributed by atoms with van der Waals surface area (Å²) < 4.78 is 5.09. The number of aromatic nitrogens is 1. The minimum absolute atomic E-state index is 0.0559. The Labute approximate surface area is 126 Å². The van der Waals surface area contributed by atoms with Gasteiger partial charge in [-0.1, -0.05) is 18.2 Å². The van der Waals surface area contributed by atoms with Crippen LogP contribution in [0.4, 0.5) is 5.69 Å². The molecule has 1 aromatic heterocycles. The lowest BCUT2D eigenvalue weighted by Gasteiger charge is -2.06. The van der Waals surface area contributed by atoms with E-state index in [2.05, 4.69) is 9.83 Å². The van der Waals surface area contributed by atoms with Crippen LogP contribution in [-0.4, -0.2) is 23.2 Å². The minimum atomic E-state index is -1.10. The van der Waals surface area contributed by atoms with Gasteiger partial charge in [0.2, 0.25) is 5.69 Å². The van der Waals surface area contributed by atoms with Gasteiger partial charge in [-0.05, 0) is 23.8 Å². The molecule has 0 aliphatic heterocycles. The summed E-state index contributed by atoms with van der Waals surface area (Å²) in [6, 6.07) is 10.4. The van der Waals surface area contributed by atoms with Crippen molar-refractivity contribution < 1.29 is 14.6 Å². The van der Waals surface area contributed by atoms with Crippen molar-refractivity contribution in [3.63, 3.8) is 0 Å². The summed E-state index contributed by atoms with van der Waals surface area (Å²) in [5.74, 6) is 0.275. The van der Waals surface area contributed by atoms with Gasteiger partial charge in [0.05, 0.1) is 13.7 Å². The molecule has 2 rings (SSSR count). The Balaban J connectivity index is 2.16. The number of pyridine rings is 1. The van der Waals surface area contributed by atoms with Gasteiger partial charge in [0, 0.05) is 5.75 Å².